The van der Waals surface area contributed by atoms with Gasteiger partial charge in [-0.05, 0) is 55.1 Å². The average Bonchev–Trinajstić information content (AvgIpc) is 3.21. The summed E-state index contributed by atoms with van der Waals surface area (Å²) in [6, 6.07) is 22.1. The zero-order valence-corrected chi connectivity index (χ0v) is 22.1. The highest BCUT2D eigenvalue weighted by molar-refractivity contribution is 6.22. The van der Waals surface area contributed by atoms with E-state index in [0.29, 0.717) is 28.2 Å². The predicted molar refractivity (Wildman–Crippen MR) is 158 cm³/mol. The largest absolute Gasteiger partial charge is 0.504 e. The lowest BCUT2D eigenvalue weighted by molar-refractivity contribution is 0.330. The van der Waals surface area contributed by atoms with E-state index in [1.165, 1.54) is 11.1 Å². The van der Waals surface area contributed by atoms with Crippen molar-refractivity contribution in [2.24, 2.45) is 5.92 Å². The fourth-order valence-electron chi connectivity index (χ4n) is 6.96. The Bertz CT molecular complexity index is 1860. The molecular formula is C35H28O5. The SMILES string of the molecule is CC1(C)c2cc(-c3c4ccccc4c(-c4c(O)c(O)c(O)c(O)c4O)c4ccccc34)ccc2C2C=CC=CC21. The van der Waals surface area contributed by atoms with Crippen LogP contribution >= 0.6 is 0 Å². The van der Waals surface area contributed by atoms with Crippen LogP contribution in [0.1, 0.15) is 30.9 Å². The van der Waals surface area contributed by atoms with Crippen LogP contribution in [0.25, 0.3) is 43.8 Å². The van der Waals surface area contributed by atoms with Crippen LogP contribution in [0, 0.1) is 5.92 Å². The Hall–Kier alpha value is -4.90. The lowest BCUT2D eigenvalue weighted by Crippen LogP contribution is -2.24. The molecule has 40 heavy (non-hydrogen) atoms. The molecule has 5 aromatic carbocycles. The molecular weight excluding hydrogens is 500 g/mol. The second-order valence-corrected chi connectivity index (χ2v) is 11.3. The van der Waals surface area contributed by atoms with Crippen LogP contribution < -0.4 is 0 Å². The number of allylic oxidation sites excluding steroid dienone is 4. The minimum absolute atomic E-state index is 0.0541. The van der Waals surface area contributed by atoms with E-state index in [0.717, 1.165) is 21.9 Å². The molecule has 0 heterocycles. The molecule has 0 bridgehead atoms. The maximum Gasteiger partial charge on any atom is 0.208 e. The van der Waals surface area contributed by atoms with Gasteiger partial charge >= 0.3 is 0 Å². The van der Waals surface area contributed by atoms with Gasteiger partial charge in [-0.15, -0.1) is 0 Å². The Morgan fingerprint density at radius 1 is 0.550 bits per heavy atom. The topological polar surface area (TPSA) is 101 Å². The lowest BCUT2D eigenvalue weighted by atomic mass is 9.74. The van der Waals surface area contributed by atoms with Crippen molar-refractivity contribution < 1.29 is 25.5 Å². The standard InChI is InChI=1S/C35H28O5/c1-35(2)25-14-8-7-9-19(25)20-16-15-18(17-26(20)35)27-21-10-3-5-12-23(21)28(24-13-6-4-11-22(24)27)29-30(36)32(38)34(40)33(39)31(29)37/h3-17,19,25,36-40H,1-2H3. The molecule has 0 saturated carbocycles. The second-order valence-electron chi connectivity index (χ2n) is 11.3. The number of phenolic OH excluding ortho intramolecular Hbond substituents is 5. The van der Waals surface area contributed by atoms with Crippen molar-refractivity contribution in [3.8, 4) is 51.0 Å². The third-order valence-electron chi connectivity index (χ3n) is 8.92. The molecule has 5 aromatic rings. The molecule has 2 aliphatic rings. The van der Waals surface area contributed by atoms with Crippen molar-refractivity contribution in [3.63, 3.8) is 0 Å². The zero-order valence-electron chi connectivity index (χ0n) is 22.1. The monoisotopic (exact) mass is 528 g/mol. The minimum Gasteiger partial charge on any atom is -0.504 e. The normalized spacial score (nSPS) is 18.8. The summed E-state index contributed by atoms with van der Waals surface area (Å²) >= 11 is 0. The van der Waals surface area contributed by atoms with E-state index < -0.39 is 28.7 Å². The number of rotatable bonds is 2. The molecule has 0 amide bonds. The molecule has 0 aromatic heterocycles. The number of phenols is 5. The first-order valence-electron chi connectivity index (χ1n) is 13.3. The van der Waals surface area contributed by atoms with Gasteiger partial charge < -0.3 is 25.5 Å². The summed E-state index contributed by atoms with van der Waals surface area (Å²) in [5.74, 6) is -3.45. The molecule has 5 N–H and O–H groups in total. The van der Waals surface area contributed by atoms with Crippen molar-refractivity contribution in [1.29, 1.82) is 0 Å². The van der Waals surface area contributed by atoms with Gasteiger partial charge in [-0.25, -0.2) is 0 Å². The number of hydrogen-bond acceptors (Lipinski definition) is 5. The predicted octanol–water partition coefficient (Wildman–Crippen LogP) is 7.97. The van der Waals surface area contributed by atoms with E-state index in [4.69, 9.17) is 0 Å². The first-order valence-corrected chi connectivity index (χ1v) is 13.3. The summed E-state index contributed by atoms with van der Waals surface area (Å²) in [5.41, 5.74) is 4.97. The molecule has 0 radical (unpaired) electrons. The second kappa shape index (κ2) is 8.30. The van der Waals surface area contributed by atoms with Crippen molar-refractivity contribution in [1.82, 2.24) is 0 Å². The highest BCUT2D eigenvalue weighted by atomic mass is 16.4. The maximum absolute atomic E-state index is 10.9. The Morgan fingerprint density at radius 3 is 1.62 bits per heavy atom. The highest BCUT2D eigenvalue weighted by Crippen LogP contribution is 2.58. The first kappa shape index (κ1) is 24.2. The van der Waals surface area contributed by atoms with E-state index in [1.54, 1.807) is 0 Å². The molecule has 198 valence electrons. The van der Waals surface area contributed by atoms with Gasteiger partial charge in [-0.3, -0.25) is 0 Å². The van der Waals surface area contributed by atoms with Crippen LogP contribution in [-0.2, 0) is 5.41 Å². The van der Waals surface area contributed by atoms with Crippen LogP contribution in [0.2, 0.25) is 0 Å². The van der Waals surface area contributed by atoms with Crippen LogP contribution in [0.5, 0.6) is 28.7 Å². The summed E-state index contributed by atoms with van der Waals surface area (Å²) in [7, 11) is 0. The van der Waals surface area contributed by atoms with Crippen LogP contribution in [0.4, 0.5) is 0 Å². The van der Waals surface area contributed by atoms with E-state index in [9.17, 15) is 25.5 Å². The maximum atomic E-state index is 10.9. The van der Waals surface area contributed by atoms with E-state index in [2.05, 4.69) is 56.4 Å². The highest BCUT2D eigenvalue weighted by Gasteiger charge is 2.44. The van der Waals surface area contributed by atoms with Crippen LogP contribution in [0.3, 0.4) is 0 Å². The molecule has 0 saturated heterocycles. The Balaban J connectivity index is 1.58. The Morgan fingerprint density at radius 2 is 1.05 bits per heavy atom. The third-order valence-corrected chi connectivity index (χ3v) is 8.92. The first-order chi connectivity index (χ1) is 19.2. The Labute approximate surface area is 231 Å². The number of benzene rings is 5. The van der Waals surface area contributed by atoms with Gasteiger partial charge in [0.2, 0.25) is 17.2 Å². The van der Waals surface area contributed by atoms with E-state index in [-0.39, 0.29) is 11.0 Å². The fraction of sp³-hybridized carbons (Fsp3) is 0.143. The minimum atomic E-state index is -0.977. The molecule has 5 nitrogen and oxygen atoms in total. The van der Waals surface area contributed by atoms with Crippen molar-refractivity contribution in [2.75, 3.05) is 0 Å². The van der Waals surface area contributed by atoms with Gasteiger partial charge in [0.05, 0.1) is 5.56 Å². The quantitative estimate of drug-likeness (QED) is 0.0909. The fourth-order valence-corrected chi connectivity index (χ4v) is 6.96. The molecule has 5 heteroatoms. The smallest absolute Gasteiger partial charge is 0.208 e. The number of aromatic hydroxyl groups is 5. The van der Waals surface area contributed by atoms with Crippen molar-refractivity contribution >= 4 is 21.5 Å². The summed E-state index contributed by atoms with van der Waals surface area (Å²) in [6.07, 6.45) is 8.87. The van der Waals surface area contributed by atoms with Gasteiger partial charge in [-0.2, -0.15) is 0 Å². The number of fused-ring (bicyclic) bond motifs is 5. The van der Waals surface area contributed by atoms with Gasteiger partial charge in [0, 0.05) is 11.5 Å². The zero-order chi connectivity index (χ0) is 27.9. The molecule has 0 fully saturated rings. The van der Waals surface area contributed by atoms with Gasteiger partial charge in [-0.1, -0.05) is 105 Å². The molecule has 2 unspecified atom stereocenters. The van der Waals surface area contributed by atoms with Crippen molar-refractivity contribution in [3.05, 3.63) is 102 Å². The summed E-state index contributed by atoms with van der Waals surface area (Å²) in [5, 5.41) is 55.8. The van der Waals surface area contributed by atoms with Gasteiger partial charge in [0.15, 0.2) is 11.5 Å². The van der Waals surface area contributed by atoms with E-state index in [1.807, 2.05) is 48.5 Å². The van der Waals surface area contributed by atoms with Crippen molar-refractivity contribution in [2.45, 2.75) is 25.2 Å². The van der Waals surface area contributed by atoms with Gasteiger partial charge in [0.1, 0.15) is 0 Å². The van der Waals surface area contributed by atoms with Gasteiger partial charge in [0.25, 0.3) is 0 Å². The molecule has 2 aliphatic carbocycles. The molecule has 2 atom stereocenters. The summed E-state index contributed by atoms with van der Waals surface area (Å²) in [4.78, 5) is 0. The van der Waals surface area contributed by atoms with E-state index >= 15 is 0 Å². The van der Waals surface area contributed by atoms with Crippen LogP contribution in [0.15, 0.2) is 91.0 Å². The Kier molecular flexibility index (Phi) is 5.01. The van der Waals surface area contributed by atoms with Crippen LogP contribution in [-0.4, -0.2) is 25.5 Å². The summed E-state index contributed by atoms with van der Waals surface area (Å²) < 4.78 is 0. The number of hydrogen-bond donors (Lipinski definition) is 5. The lowest BCUT2D eigenvalue weighted by Gasteiger charge is -2.29. The molecule has 7 rings (SSSR count). The third kappa shape index (κ3) is 3.09. The average molecular weight is 529 g/mol. The molecule has 0 spiro atoms. The summed E-state index contributed by atoms with van der Waals surface area (Å²) in [6.45, 7) is 4.61. The molecule has 0 aliphatic heterocycles.